The van der Waals surface area contributed by atoms with Gasteiger partial charge in [-0.15, -0.1) is 0 Å². The fraction of sp³-hybridized carbons (Fsp3) is 0.310. The van der Waals surface area contributed by atoms with Crippen molar-refractivity contribution in [3.63, 3.8) is 0 Å². The number of imidazole rings is 1. The zero-order valence-electron chi connectivity index (χ0n) is 21.6. The van der Waals surface area contributed by atoms with Crippen LogP contribution in [-0.4, -0.2) is 47.0 Å². The first-order valence-corrected chi connectivity index (χ1v) is 14.6. The minimum absolute atomic E-state index is 0.0865. The molecule has 0 saturated carbocycles. The Morgan fingerprint density at radius 3 is 2.50 bits per heavy atom. The molecule has 2 aromatic carbocycles. The van der Waals surface area contributed by atoms with Crippen LogP contribution in [0.15, 0.2) is 66.0 Å². The third-order valence-electron chi connectivity index (χ3n) is 7.64. The maximum Gasteiger partial charge on any atom is 0.176 e. The van der Waals surface area contributed by atoms with E-state index in [0.29, 0.717) is 35.2 Å². The molecule has 0 aliphatic carbocycles. The Hall–Kier alpha value is -3.56. The minimum Gasteiger partial charge on any atom is -0.381 e. The predicted octanol–water partition coefficient (Wildman–Crippen LogP) is 5.46. The lowest BCUT2D eigenvalue weighted by Gasteiger charge is -2.33. The molecule has 1 atom stereocenters. The number of ether oxygens (including phenoxy) is 1. The van der Waals surface area contributed by atoms with Crippen molar-refractivity contribution in [2.75, 3.05) is 19.5 Å². The van der Waals surface area contributed by atoms with Gasteiger partial charge in [-0.1, -0.05) is 24.3 Å². The van der Waals surface area contributed by atoms with Gasteiger partial charge < -0.3 is 13.9 Å². The normalized spacial score (nSPS) is 15.9. The zero-order valence-corrected chi connectivity index (χ0v) is 22.4. The molecular weight excluding hydrogens is 503 g/mol. The number of pyridine rings is 1. The highest BCUT2D eigenvalue weighted by atomic mass is 32.2. The van der Waals surface area contributed by atoms with Gasteiger partial charge in [0.25, 0.3) is 0 Å². The van der Waals surface area contributed by atoms with E-state index in [0.717, 1.165) is 35.3 Å². The predicted molar refractivity (Wildman–Crippen MR) is 145 cm³/mol. The summed E-state index contributed by atoms with van der Waals surface area (Å²) in [5, 5.41) is 0.562. The molecule has 0 amide bonds. The van der Waals surface area contributed by atoms with E-state index in [1.807, 2.05) is 42.8 Å². The summed E-state index contributed by atoms with van der Waals surface area (Å²) in [7, 11) is -1.63. The van der Waals surface area contributed by atoms with Crippen LogP contribution >= 0.6 is 0 Å². The smallest absolute Gasteiger partial charge is 0.176 e. The van der Waals surface area contributed by atoms with Crippen molar-refractivity contribution >= 4 is 31.8 Å². The van der Waals surface area contributed by atoms with Crippen LogP contribution in [0, 0.1) is 18.7 Å². The summed E-state index contributed by atoms with van der Waals surface area (Å²) in [4.78, 5) is 9.50. The molecular formula is C29H29FN4O3S. The fourth-order valence-electron chi connectivity index (χ4n) is 5.97. The zero-order chi connectivity index (χ0) is 26.6. The van der Waals surface area contributed by atoms with Gasteiger partial charge in [-0.05, 0) is 49.9 Å². The van der Waals surface area contributed by atoms with Crippen LogP contribution in [0.2, 0.25) is 0 Å². The molecule has 38 heavy (non-hydrogen) atoms. The van der Waals surface area contributed by atoms with Gasteiger partial charge in [0.1, 0.15) is 5.82 Å². The molecule has 3 aromatic heterocycles. The van der Waals surface area contributed by atoms with E-state index in [2.05, 4.69) is 9.55 Å². The average molecular weight is 533 g/mol. The van der Waals surface area contributed by atoms with Gasteiger partial charge in [0, 0.05) is 49.2 Å². The monoisotopic (exact) mass is 532 g/mol. The number of nitrogens with zero attached hydrogens (tertiary/aromatic N) is 4. The number of benzene rings is 2. The summed E-state index contributed by atoms with van der Waals surface area (Å²) in [6.07, 6.45) is 6.27. The van der Waals surface area contributed by atoms with Crippen LogP contribution in [0.25, 0.3) is 33.2 Å². The Bertz CT molecular complexity index is 1770. The standard InChI is InChI=1S/C29H29FN4O3S/c1-18-28(33(2)17-32-18)20-15-24-27(31-16-20)26-23(9-6-10-25(26)38(3,35)36)34(24)29(19-11-13-37-14-12-19)21-7-4-5-8-22(21)30/h4-10,15-17,19,29H,11-14H2,1-3H3. The number of sulfone groups is 1. The van der Waals surface area contributed by atoms with Gasteiger partial charge in [-0.3, -0.25) is 4.98 Å². The second-order valence-electron chi connectivity index (χ2n) is 10.1. The number of fused-ring (bicyclic) bond motifs is 3. The lowest BCUT2D eigenvalue weighted by Crippen LogP contribution is -2.27. The number of aromatic nitrogens is 4. The minimum atomic E-state index is -3.56. The molecule has 1 aliphatic rings. The lowest BCUT2D eigenvalue weighted by atomic mass is 9.86. The van der Waals surface area contributed by atoms with Crippen molar-refractivity contribution in [3.8, 4) is 11.3 Å². The van der Waals surface area contributed by atoms with Crippen molar-refractivity contribution in [1.82, 2.24) is 19.1 Å². The van der Waals surface area contributed by atoms with Gasteiger partial charge >= 0.3 is 0 Å². The topological polar surface area (TPSA) is 79.0 Å². The first-order valence-electron chi connectivity index (χ1n) is 12.7. The largest absolute Gasteiger partial charge is 0.381 e. The first kappa shape index (κ1) is 24.8. The van der Waals surface area contributed by atoms with E-state index in [-0.39, 0.29) is 22.7 Å². The summed E-state index contributed by atoms with van der Waals surface area (Å²) < 4.78 is 51.0. The Morgan fingerprint density at radius 1 is 1.05 bits per heavy atom. The van der Waals surface area contributed by atoms with Crippen LogP contribution in [0.1, 0.15) is 30.1 Å². The summed E-state index contributed by atoms with van der Waals surface area (Å²) in [6.45, 7) is 3.14. The van der Waals surface area contributed by atoms with Crippen LogP contribution in [0.5, 0.6) is 0 Å². The average Bonchev–Trinajstić information content (AvgIpc) is 3.41. The molecule has 1 unspecified atom stereocenters. The number of aryl methyl sites for hydroxylation is 2. The second kappa shape index (κ2) is 9.32. The number of rotatable bonds is 5. The summed E-state index contributed by atoms with van der Waals surface area (Å²) >= 11 is 0. The van der Waals surface area contributed by atoms with E-state index in [1.165, 1.54) is 12.3 Å². The van der Waals surface area contributed by atoms with E-state index >= 15 is 4.39 Å². The second-order valence-corrected chi connectivity index (χ2v) is 12.1. The molecule has 0 radical (unpaired) electrons. The van der Waals surface area contributed by atoms with Crippen molar-refractivity contribution in [3.05, 3.63) is 78.1 Å². The van der Waals surface area contributed by atoms with Crippen LogP contribution in [0.4, 0.5) is 4.39 Å². The molecule has 4 heterocycles. The Morgan fingerprint density at radius 2 is 1.82 bits per heavy atom. The van der Waals surface area contributed by atoms with Gasteiger partial charge in [-0.2, -0.15) is 0 Å². The highest BCUT2D eigenvalue weighted by molar-refractivity contribution is 7.91. The fourth-order valence-corrected chi connectivity index (χ4v) is 6.86. The van der Waals surface area contributed by atoms with E-state index < -0.39 is 9.84 Å². The van der Waals surface area contributed by atoms with Gasteiger partial charge in [-0.25, -0.2) is 17.8 Å². The van der Waals surface area contributed by atoms with Gasteiger partial charge in [0.05, 0.1) is 45.2 Å². The third kappa shape index (κ3) is 4.01. The van der Waals surface area contributed by atoms with Gasteiger partial charge in [0.15, 0.2) is 9.84 Å². The Labute approximate surface area is 220 Å². The SMILES string of the molecule is Cc1ncn(C)c1-c1cnc2c3c(S(C)(=O)=O)cccc3n(C(c3ccccc3F)C3CCOCC3)c2c1. The van der Waals surface area contributed by atoms with E-state index in [1.54, 1.807) is 30.7 Å². The summed E-state index contributed by atoms with van der Waals surface area (Å²) in [5.41, 5.74) is 5.28. The molecule has 1 saturated heterocycles. The third-order valence-corrected chi connectivity index (χ3v) is 8.77. The molecule has 0 spiro atoms. The first-order chi connectivity index (χ1) is 18.3. The van der Waals surface area contributed by atoms with E-state index in [9.17, 15) is 8.42 Å². The molecule has 1 aliphatic heterocycles. The van der Waals surface area contributed by atoms with Crippen molar-refractivity contribution in [2.24, 2.45) is 13.0 Å². The highest BCUT2D eigenvalue weighted by Gasteiger charge is 2.33. The molecule has 196 valence electrons. The van der Waals surface area contributed by atoms with Crippen LogP contribution in [0.3, 0.4) is 0 Å². The maximum absolute atomic E-state index is 15.5. The molecule has 0 N–H and O–H groups in total. The number of hydrogen-bond acceptors (Lipinski definition) is 5. The molecule has 5 aromatic rings. The molecule has 1 fully saturated rings. The quantitative estimate of drug-likeness (QED) is 0.301. The van der Waals surface area contributed by atoms with E-state index in [4.69, 9.17) is 9.72 Å². The number of halogens is 1. The molecule has 7 nitrogen and oxygen atoms in total. The van der Waals surface area contributed by atoms with Crippen LogP contribution in [-0.2, 0) is 21.6 Å². The number of hydrogen-bond donors (Lipinski definition) is 0. The lowest BCUT2D eigenvalue weighted by molar-refractivity contribution is 0.0548. The molecule has 6 rings (SSSR count). The molecule has 9 heteroatoms. The van der Waals surface area contributed by atoms with Crippen molar-refractivity contribution in [2.45, 2.75) is 30.7 Å². The molecule has 0 bridgehead atoms. The maximum atomic E-state index is 15.5. The highest BCUT2D eigenvalue weighted by Crippen LogP contribution is 2.43. The van der Waals surface area contributed by atoms with Gasteiger partial charge in [0.2, 0.25) is 0 Å². The Kier molecular flexibility index (Phi) is 6.07. The summed E-state index contributed by atoms with van der Waals surface area (Å²) in [6, 6.07) is 13.8. The van der Waals surface area contributed by atoms with Crippen LogP contribution < -0.4 is 0 Å². The summed E-state index contributed by atoms with van der Waals surface area (Å²) in [5.74, 6) is -0.201. The van der Waals surface area contributed by atoms with Crippen molar-refractivity contribution < 1.29 is 17.5 Å². The Balaban J connectivity index is 1.75. The van der Waals surface area contributed by atoms with Crippen molar-refractivity contribution in [1.29, 1.82) is 0 Å².